The SMILES string of the molecule is Cl.NCCc1nc(C(=O)N2Cc3ccccc3C2)cs1. The first-order valence-corrected chi connectivity index (χ1v) is 7.16. The summed E-state index contributed by atoms with van der Waals surface area (Å²) >= 11 is 1.51. The van der Waals surface area contributed by atoms with Crippen LogP contribution in [-0.4, -0.2) is 22.3 Å². The number of aromatic nitrogens is 1. The molecule has 0 fully saturated rings. The maximum atomic E-state index is 12.4. The fourth-order valence-corrected chi connectivity index (χ4v) is 3.07. The van der Waals surface area contributed by atoms with E-state index in [-0.39, 0.29) is 18.3 Å². The molecule has 0 aliphatic carbocycles. The number of hydrogen-bond acceptors (Lipinski definition) is 4. The summed E-state index contributed by atoms with van der Waals surface area (Å²) in [6.45, 7) is 1.92. The summed E-state index contributed by atoms with van der Waals surface area (Å²) in [4.78, 5) is 18.6. The smallest absolute Gasteiger partial charge is 0.273 e. The van der Waals surface area contributed by atoms with Crippen LogP contribution in [-0.2, 0) is 19.5 Å². The van der Waals surface area contributed by atoms with Gasteiger partial charge in [-0.05, 0) is 17.7 Å². The van der Waals surface area contributed by atoms with Crippen molar-refractivity contribution in [3.63, 3.8) is 0 Å². The molecule has 6 heteroatoms. The molecule has 3 rings (SSSR count). The average Bonchev–Trinajstić information content (AvgIpc) is 3.04. The molecule has 0 bridgehead atoms. The molecule has 4 nitrogen and oxygen atoms in total. The zero-order chi connectivity index (χ0) is 13.2. The molecule has 1 aliphatic heterocycles. The van der Waals surface area contributed by atoms with Gasteiger partial charge >= 0.3 is 0 Å². The van der Waals surface area contributed by atoms with Crippen molar-refractivity contribution in [3.05, 3.63) is 51.5 Å². The quantitative estimate of drug-likeness (QED) is 0.946. The van der Waals surface area contributed by atoms with E-state index in [1.165, 1.54) is 22.5 Å². The fourth-order valence-electron chi connectivity index (χ4n) is 2.29. The summed E-state index contributed by atoms with van der Waals surface area (Å²) < 4.78 is 0. The number of rotatable bonds is 3. The van der Waals surface area contributed by atoms with Crippen molar-refractivity contribution in [2.24, 2.45) is 5.73 Å². The molecule has 0 spiro atoms. The van der Waals surface area contributed by atoms with E-state index >= 15 is 0 Å². The van der Waals surface area contributed by atoms with Crippen LogP contribution in [0.4, 0.5) is 0 Å². The van der Waals surface area contributed by atoms with E-state index in [0.29, 0.717) is 25.3 Å². The highest BCUT2D eigenvalue weighted by atomic mass is 35.5. The Kier molecular flexibility index (Phi) is 4.75. The van der Waals surface area contributed by atoms with Crippen molar-refractivity contribution in [2.75, 3.05) is 6.54 Å². The lowest BCUT2D eigenvalue weighted by Gasteiger charge is -2.13. The van der Waals surface area contributed by atoms with Crippen molar-refractivity contribution in [3.8, 4) is 0 Å². The van der Waals surface area contributed by atoms with Crippen LogP contribution in [0.15, 0.2) is 29.6 Å². The number of carbonyl (C=O) groups excluding carboxylic acids is 1. The molecule has 1 amide bonds. The molecule has 0 unspecified atom stereocenters. The van der Waals surface area contributed by atoms with E-state index in [9.17, 15) is 4.79 Å². The summed E-state index contributed by atoms with van der Waals surface area (Å²) in [6, 6.07) is 8.16. The van der Waals surface area contributed by atoms with Gasteiger partial charge in [0.25, 0.3) is 5.91 Å². The highest BCUT2D eigenvalue weighted by Crippen LogP contribution is 2.24. The molecule has 0 saturated carbocycles. The van der Waals surface area contributed by atoms with Crippen LogP contribution in [0.5, 0.6) is 0 Å². The molecule has 20 heavy (non-hydrogen) atoms. The van der Waals surface area contributed by atoms with Crippen LogP contribution in [0.2, 0.25) is 0 Å². The van der Waals surface area contributed by atoms with Crippen LogP contribution >= 0.6 is 23.7 Å². The van der Waals surface area contributed by atoms with Gasteiger partial charge in [-0.2, -0.15) is 0 Å². The second-order valence-electron chi connectivity index (χ2n) is 4.60. The Morgan fingerprint density at radius 2 is 1.95 bits per heavy atom. The van der Waals surface area contributed by atoms with E-state index in [1.807, 2.05) is 22.4 Å². The third-order valence-electron chi connectivity index (χ3n) is 3.26. The minimum atomic E-state index is 0. The van der Waals surface area contributed by atoms with Gasteiger partial charge in [-0.15, -0.1) is 23.7 Å². The normalized spacial score (nSPS) is 12.9. The number of nitrogens with two attached hydrogens (primary N) is 1. The van der Waals surface area contributed by atoms with Gasteiger partial charge < -0.3 is 10.6 Å². The number of fused-ring (bicyclic) bond motifs is 1. The first-order chi connectivity index (χ1) is 9.28. The highest BCUT2D eigenvalue weighted by molar-refractivity contribution is 7.09. The van der Waals surface area contributed by atoms with Crippen molar-refractivity contribution in [1.29, 1.82) is 0 Å². The molecule has 106 valence electrons. The van der Waals surface area contributed by atoms with Crippen molar-refractivity contribution in [2.45, 2.75) is 19.5 Å². The summed E-state index contributed by atoms with van der Waals surface area (Å²) in [5.74, 6) is 0.00993. The molecule has 1 aromatic heterocycles. The Hall–Kier alpha value is -1.43. The van der Waals surface area contributed by atoms with Crippen molar-refractivity contribution < 1.29 is 4.79 Å². The van der Waals surface area contributed by atoms with Crippen LogP contribution < -0.4 is 5.73 Å². The first kappa shape index (κ1) is 15.0. The van der Waals surface area contributed by atoms with Gasteiger partial charge in [-0.25, -0.2) is 4.98 Å². The van der Waals surface area contributed by atoms with Gasteiger partial charge in [-0.1, -0.05) is 24.3 Å². The Balaban J connectivity index is 0.00000147. The molecular formula is C14H16ClN3OS. The van der Waals surface area contributed by atoms with Gasteiger partial charge in [0.15, 0.2) is 0 Å². The Labute approximate surface area is 128 Å². The van der Waals surface area contributed by atoms with Gasteiger partial charge in [0, 0.05) is 24.9 Å². The number of carbonyl (C=O) groups is 1. The van der Waals surface area contributed by atoms with Crippen molar-refractivity contribution in [1.82, 2.24) is 9.88 Å². The Morgan fingerprint density at radius 3 is 2.55 bits per heavy atom. The van der Waals surface area contributed by atoms with Gasteiger partial charge in [0.1, 0.15) is 5.69 Å². The summed E-state index contributed by atoms with van der Waals surface area (Å²) in [7, 11) is 0. The summed E-state index contributed by atoms with van der Waals surface area (Å²) in [6.07, 6.45) is 0.734. The second kappa shape index (κ2) is 6.35. The predicted octanol–water partition coefficient (Wildman–Crippen LogP) is 2.22. The lowest BCUT2D eigenvalue weighted by atomic mass is 10.1. The lowest BCUT2D eigenvalue weighted by molar-refractivity contribution is 0.0746. The molecule has 2 N–H and O–H groups in total. The van der Waals surface area contributed by atoms with Gasteiger partial charge in [-0.3, -0.25) is 4.79 Å². The molecule has 0 atom stereocenters. The number of hydrogen-bond donors (Lipinski definition) is 1. The molecule has 0 radical (unpaired) electrons. The maximum Gasteiger partial charge on any atom is 0.273 e. The van der Waals surface area contributed by atoms with E-state index in [0.717, 1.165) is 11.4 Å². The van der Waals surface area contributed by atoms with Gasteiger partial charge in [0.2, 0.25) is 0 Å². The van der Waals surface area contributed by atoms with Crippen LogP contribution in [0.1, 0.15) is 26.6 Å². The molecule has 2 aromatic rings. The van der Waals surface area contributed by atoms with Crippen molar-refractivity contribution >= 4 is 29.7 Å². The monoisotopic (exact) mass is 309 g/mol. The standard InChI is InChI=1S/C14H15N3OS.ClH/c15-6-5-13-16-12(9-19-13)14(18)17-7-10-3-1-2-4-11(10)8-17;/h1-4,9H,5-8,15H2;1H. The summed E-state index contributed by atoms with van der Waals surface area (Å²) in [5.41, 5.74) is 8.50. The topological polar surface area (TPSA) is 59.2 Å². The van der Waals surface area contributed by atoms with Crippen LogP contribution in [0, 0.1) is 0 Å². The van der Waals surface area contributed by atoms with E-state index in [2.05, 4.69) is 17.1 Å². The van der Waals surface area contributed by atoms with E-state index in [1.54, 1.807) is 0 Å². The van der Waals surface area contributed by atoms with Gasteiger partial charge in [0.05, 0.1) is 5.01 Å². The molecule has 1 aromatic carbocycles. The number of halogens is 1. The average molecular weight is 310 g/mol. The lowest BCUT2D eigenvalue weighted by Crippen LogP contribution is -2.25. The highest BCUT2D eigenvalue weighted by Gasteiger charge is 2.25. The van der Waals surface area contributed by atoms with Crippen LogP contribution in [0.3, 0.4) is 0 Å². The Bertz CT molecular complexity index is 589. The van der Waals surface area contributed by atoms with E-state index < -0.39 is 0 Å². The minimum absolute atomic E-state index is 0. The third-order valence-corrected chi connectivity index (χ3v) is 4.17. The second-order valence-corrected chi connectivity index (χ2v) is 5.54. The third kappa shape index (κ3) is 2.85. The number of benzene rings is 1. The zero-order valence-corrected chi connectivity index (χ0v) is 12.5. The predicted molar refractivity (Wildman–Crippen MR) is 82.1 cm³/mol. The largest absolute Gasteiger partial charge is 0.330 e. The first-order valence-electron chi connectivity index (χ1n) is 6.28. The Morgan fingerprint density at radius 1 is 1.30 bits per heavy atom. The zero-order valence-electron chi connectivity index (χ0n) is 10.9. The molecule has 0 saturated heterocycles. The number of amides is 1. The molecule has 1 aliphatic rings. The van der Waals surface area contributed by atoms with Crippen LogP contribution in [0.25, 0.3) is 0 Å². The number of thiazole rings is 1. The minimum Gasteiger partial charge on any atom is -0.330 e. The maximum absolute atomic E-state index is 12.4. The number of nitrogens with zero attached hydrogens (tertiary/aromatic N) is 2. The molecule has 2 heterocycles. The molecular weight excluding hydrogens is 294 g/mol. The summed E-state index contributed by atoms with van der Waals surface area (Å²) in [5, 5.41) is 2.76. The van der Waals surface area contributed by atoms with E-state index in [4.69, 9.17) is 5.73 Å². The fraction of sp³-hybridized carbons (Fsp3) is 0.286.